The molecule has 0 bridgehead atoms. The molecule has 6 heteroatoms. The first-order valence-electron chi connectivity index (χ1n) is 6.46. The van der Waals surface area contributed by atoms with Gasteiger partial charge in [0.15, 0.2) is 5.78 Å². The highest BCUT2D eigenvalue weighted by Gasteiger charge is 2.08. The second-order valence-electron chi connectivity index (χ2n) is 4.48. The molecular formula is C16H13Cl2NO2S. The minimum Gasteiger partial charge on any atom is -0.325 e. The van der Waals surface area contributed by atoms with Gasteiger partial charge in [0.2, 0.25) is 5.91 Å². The first-order valence-corrected chi connectivity index (χ1v) is 8.37. The Balaban J connectivity index is 1.75. The van der Waals surface area contributed by atoms with E-state index < -0.39 is 0 Å². The third-order valence-electron chi connectivity index (χ3n) is 2.76. The number of rotatable bonds is 6. The van der Waals surface area contributed by atoms with Gasteiger partial charge in [0.05, 0.1) is 11.5 Å². The number of hydrogen-bond donors (Lipinski definition) is 1. The SMILES string of the molecule is O=C(CSCC(=O)c1ccc(Cl)cc1)Nc1ccc(Cl)cc1. The molecule has 0 heterocycles. The lowest BCUT2D eigenvalue weighted by molar-refractivity contribution is -0.113. The Labute approximate surface area is 143 Å². The smallest absolute Gasteiger partial charge is 0.234 e. The Morgan fingerprint density at radius 2 is 1.41 bits per heavy atom. The molecule has 1 amide bonds. The van der Waals surface area contributed by atoms with Gasteiger partial charge in [-0.15, -0.1) is 11.8 Å². The van der Waals surface area contributed by atoms with Crippen molar-refractivity contribution >= 4 is 52.3 Å². The van der Waals surface area contributed by atoms with Crippen molar-refractivity contribution in [3.8, 4) is 0 Å². The average molecular weight is 354 g/mol. The fourth-order valence-corrected chi connectivity index (χ4v) is 2.65. The number of thioether (sulfide) groups is 1. The van der Waals surface area contributed by atoms with E-state index in [-0.39, 0.29) is 23.2 Å². The predicted molar refractivity (Wildman–Crippen MR) is 93.2 cm³/mol. The fourth-order valence-electron chi connectivity index (χ4n) is 1.69. The standard InChI is InChI=1S/C16H13Cl2NO2S/c17-12-3-1-11(2-4-12)15(20)9-22-10-16(21)19-14-7-5-13(18)6-8-14/h1-8H,9-10H2,(H,19,21). The molecule has 0 aromatic heterocycles. The van der Waals surface area contributed by atoms with Crippen molar-refractivity contribution in [2.24, 2.45) is 0 Å². The Morgan fingerprint density at radius 1 is 0.864 bits per heavy atom. The summed E-state index contributed by atoms with van der Waals surface area (Å²) in [4.78, 5) is 23.7. The number of hydrogen-bond acceptors (Lipinski definition) is 3. The maximum absolute atomic E-state index is 11.9. The number of carbonyl (C=O) groups excluding carboxylic acids is 2. The largest absolute Gasteiger partial charge is 0.325 e. The summed E-state index contributed by atoms with van der Waals surface area (Å²) >= 11 is 12.8. The minimum absolute atomic E-state index is 0.0269. The van der Waals surface area contributed by atoms with Gasteiger partial charge in [-0.1, -0.05) is 23.2 Å². The van der Waals surface area contributed by atoms with Crippen LogP contribution in [0.3, 0.4) is 0 Å². The number of benzene rings is 2. The van der Waals surface area contributed by atoms with E-state index in [4.69, 9.17) is 23.2 Å². The molecule has 0 aliphatic rings. The van der Waals surface area contributed by atoms with Crippen LogP contribution in [0.4, 0.5) is 5.69 Å². The van der Waals surface area contributed by atoms with Crippen LogP contribution in [0.5, 0.6) is 0 Å². The molecule has 114 valence electrons. The summed E-state index contributed by atoms with van der Waals surface area (Å²) in [6, 6.07) is 13.6. The van der Waals surface area contributed by atoms with Gasteiger partial charge in [0.25, 0.3) is 0 Å². The molecule has 22 heavy (non-hydrogen) atoms. The van der Waals surface area contributed by atoms with Crippen LogP contribution in [0.2, 0.25) is 10.0 Å². The molecule has 1 N–H and O–H groups in total. The summed E-state index contributed by atoms with van der Waals surface area (Å²) in [5.74, 6) is 0.273. The first kappa shape index (κ1) is 16.9. The van der Waals surface area contributed by atoms with Gasteiger partial charge in [-0.05, 0) is 48.5 Å². The van der Waals surface area contributed by atoms with E-state index in [0.717, 1.165) is 0 Å². The number of anilines is 1. The maximum Gasteiger partial charge on any atom is 0.234 e. The number of nitrogens with one attached hydrogen (secondary N) is 1. The van der Waals surface area contributed by atoms with Crippen molar-refractivity contribution in [2.75, 3.05) is 16.8 Å². The lowest BCUT2D eigenvalue weighted by Gasteiger charge is -2.05. The van der Waals surface area contributed by atoms with Gasteiger partial charge in [-0.25, -0.2) is 0 Å². The normalized spacial score (nSPS) is 10.3. The topological polar surface area (TPSA) is 46.2 Å². The van der Waals surface area contributed by atoms with Gasteiger partial charge in [-0.2, -0.15) is 0 Å². The summed E-state index contributed by atoms with van der Waals surface area (Å²) in [5, 5.41) is 3.94. The zero-order valence-electron chi connectivity index (χ0n) is 11.5. The molecule has 0 saturated heterocycles. The number of amides is 1. The van der Waals surface area contributed by atoms with E-state index in [1.807, 2.05) is 0 Å². The summed E-state index contributed by atoms with van der Waals surface area (Å²) in [5.41, 5.74) is 1.27. The molecule has 0 fully saturated rings. The molecule has 0 aliphatic carbocycles. The highest BCUT2D eigenvalue weighted by molar-refractivity contribution is 8.00. The number of Topliss-reactive ketones (excluding diaryl/α,β-unsaturated/α-hetero) is 1. The van der Waals surface area contributed by atoms with Gasteiger partial charge in [0.1, 0.15) is 0 Å². The van der Waals surface area contributed by atoms with Crippen LogP contribution in [0.15, 0.2) is 48.5 Å². The van der Waals surface area contributed by atoms with Crippen LogP contribution in [0.1, 0.15) is 10.4 Å². The van der Waals surface area contributed by atoms with Crippen molar-refractivity contribution in [2.45, 2.75) is 0 Å². The summed E-state index contributed by atoms with van der Waals surface area (Å²) < 4.78 is 0. The average Bonchev–Trinajstić information content (AvgIpc) is 2.50. The summed E-state index contributed by atoms with van der Waals surface area (Å²) in [7, 11) is 0. The highest BCUT2D eigenvalue weighted by atomic mass is 35.5. The molecule has 0 unspecified atom stereocenters. The van der Waals surface area contributed by atoms with Crippen molar-refractivity contribution in [3.63, 3.8) is 0 Å². The van der Waals surface area contributed by atoms with Crippen molar-refractivity contribution < 1.29 is 9.59 Å². The molecular weight excluding hydrogens is 341 g/mol. The van der Waals surface area contributed by atoms with E-state index in [0.29, 0.717) is 21.3 Å². The number of carbonyl (C=O) groups is 2. The molecule has 0 spiro atoms. The van der Waals surface area contributed by atoms with Crippen LogP contribution in [0.25, 0.3) is 0 Å². The second kappa shape index (κ2) is 8.22. The Kier molecular flexibility index (Phi) is 6.31. The summed E-state index contributed by atoms with van der Waals surface area (Å²) in [6.45, 7) is 0. The van der Waals surface area contributed by atoms with E-state index in [2.05, 4.69) is 5.32 Å². The predicted octanol–water partition coefficient (Wildman–Crippen LogP) is 4.55. The van der Waals surface area contributed by atoms with Gasteiger partial charge in [-0.3, -0.25) is 9.59 Å². The number of ketones is 1. The molecule has 0 aliphatic heterocycles. The van der Waals surface area contributed by atoms with E-state index >= 15 is 0 Å². The highest BCUT2D eigenvalue weighted by Crippen LogP contribution is 2.15. The third kappa shape index (κ3) is 5.37. The van der Waals surface area contributed by atoms with Crippen molar-refractivity contribution in [1.29, 1.82) is 0 Å². The van der Waals surface area contributed by atoms with Gasteiger partial charge < -0.3 is 5.32 Å². The zero-order valence-corrected chi connectivity index (χ0v) is 13.8. The lowest BCUT2D eigenvalue weighted by atomic mass is 10.1. The molecule has 2 rings (SSSR count). The quantitative estimate of drug-likeness (QED) is 0.775. The monoisotopic (exact) mass is 353 g/mol. The molecule has 0 atom stereocenters. The molecule has 0 radical (unpaired) electrons. The summed E-state index contributed by atoms with van der Waals surface area (Å²) in [6.07, 6.45) is 0. The van der Waals surface area contributed by atoms with Crippen LogP contribution in [0, 0.1) is 0 Å². The van der Waals surface area contributed by atoms with Crippen LogP contribution in [-0.2, 0) is 4.79 Å². The number of halogens is 2. The Morgan fingerprint density at radius 3 is 2.00 bits per heavy atom. The third-order valence-corrected chi connectivity index (χ3v) is 4.20. The van der Waals surface area contributed by atoms with Crippen molar-refractivity contribution in [3.05, 3.63) is 64.1 Å². The minimum atomic E-state index is -0.156. The van der Waals surface area contributed by atoms with Gasteiger partial charge in [0, 0.05) is 21.3 Å². The molecule has 2 aromatic carbocycles. The van der Waals surface area contributed by atoms with Crippen molar-refractivity contribution in [1.82, 2.24) is 0 Å². The van der Waals surface area contributed by atoms with E-state index in [1.54, 1.807) is 48.5 Å². The van der Waals surface area contributed by atoms with Crippen LogP contribution in [-0.4, -0.2) is 23.2 Å². The molecule has 2 aromatic rings. The maximum atomic E-state index is 11.9. The van der Waals surface area contributed by atoms with Gasteiger partial charge >= 0.3 is 0 Å². The zero-order chi connectivity index (χ0) is 15.9. The molecule has 0 saturated carbocycles. The van der Waals surface area contributed by atoms with Crippen LogP contribution < -0.4 is 5.32 Å². The van der Waals surface area contributed by atoms with E-state index in [1.165, 1.54) is 11.8 Å². The Bertz CT molecular complexity index is 657. The first-order chi connectivity index (χ1) is 10.5. The van der Waals surface area contributed by atoms with E-state index in [9.17, 15) is 9.59 Å². The fraction of sp³-hybridized carbons (Fsp3) is 0.125. The van der Waals surface area contributed by atoms with Crippen LogP contribution >= 0.6 is 35.0 Å². The second-order valence-corrected chi connectivity index (χ2v) is 6.34. The molecule has 3 nitrogen and oxygen atoms in total. The lowest BCUT2D eigenvalue weighted by Crippen LogP contribution is -2.15. The Hall–Kier alpha value is -1.49.